The van der Waals surface area contributed by atoms with Crippen molar-refractivity contribution >= 4 is 6.08 Å². The van der Waals surface area contributed by atoms with E-state index in [1.165, 1.54) is 0 Å². The fourth-order valence-electron chi connectivity index (χ4n) is 1.71. The highest BCUT2D eigenvalue weighted by Crippen LogP contribution is 2.30. The lowest BCUT2D eigenvalue weighted by atomic mass is 10.2. The van der Waals surface area contributed by atoms with E-state index in [1.54, 1.807) is 0 Å². The van der Waals surface area contributed by atoms with Crippen LogP contribution in [0.5, 0.6) is 11.5 Å². The predicted molar refractivity (Wildman–Crippen MR) is 69.6 cm³/mol. The molecule has 1 aliphatic rings. The van der Waals surface area contributed by atoms with E-state index in [9.17, 15) is 0 Å². The normalized spacial score (nSPS) is 14.9. The molecule has 2 rings (SSSR count). The second-order valence-corrected chi connectivity index (χ2v) is 3.97. The molecule has 0 bridgehead atoms. The Hall–Kier alpha value is -1.48. The summed E-state index contributed by atoms with van der Waals surface area (Å²) in [6.45, 7) is 5.46. The molecule has 3 heteroatoms. The predicted octanol–water partition coefficient (Wildman–Crippen LogP) is 2.47. The van der Waals surface area contributed by atoms with E-state index in [1.807, 2.05) is 12.1 Å². The van der Waals surface area contributed by atoms with Gasteiger partial charge in [-0.3, -0.25) is 0 Å². The summed E-state index contributed by atoms with van der Waals surface area (Å²) in [5.74, 6) is 1.71. The summed E-state index contributed by atoms with van der Waals surface area (Å²) in [5.41, 5.74) is 1.15. The van der Waals surface area contributed by atoms with E-state index in [-0.39, 0.29) is 0 Å². The van der Waals surface area contributed by atoms with E-state index < -0.39 is 0 Å². The monoisotopic (exact) mass is 233 g/mol. The van der Waals surface area contributed by atoms with E-state index >= 15 is 0 Å². The van der Waals surface area contributed by atoms with Crippen molar-refractivity contribution in [2.45, 2.75) is 13.3 Å². The first-order valence-corrected chi connectivity index (χ1v) is 6.17. The number of hydrogen-bond acceptors (Lipinski definition) is 3. The summed E-state index contributed by atoms with van der Waals surface area (Å²) in [6.07, 6.45) is 5.15. The minimum Gasteiger partial charge on any atom is -0.490 e. The molecule has 1 heterocycles. The topological polar surface area (TPSA) is 30.5 Å². The standard InChI is InChI=1S/C14H19NO2/c1-2-15-8-3-5-12-6-7-13-14(11-12)17-10-4-9-16-13/h3,5-7,11,15H,2,4,8-10H2,1H3. The number of nitrogens with one attached hydrogen (secondary N) is 1. The largest absolute Gasteiger partial charge is 0.490 e. The lowest BCUT2D eigenvalue weighted by Gasteiger charge is -2.07. The summed E-state index contributed by atoms with van der Waals surface area (Å²) < 4.78 is 11.2. The molecule has 3 nitrogen and oxygen atoms in total. The SMILES string of the molecule is CCNCC=Cc1ccc2c(c1)OCCCO2. The van der Waals surface area contributed by atoms with Crippen LogP contribution in [0.2, 0.25) is 0 Å². The van der Waals surface area contributed by atoms with Crippen LogP contribution >= 0.6 is 0 Å². The molecular weight excluding hydrogens is 214 g/mol. The Balaban J connectivity index is 2.04. The van der Waals surface area contributed by atoms with E-state index in [0.717, 1.165) is 49.8 Å². The van der Waals surface area contributed by atoms with E-state index in [4.69, 9.17) is 9.47 Å². The van der Waals surface area contributed by atoms with Gasteiger partial charge in [0.15, 0.2) is 11.5 Å². The molecule has 0 unspecified atom stereocenters. The van der Waals surface area contributed by atoms with Gasteiger partial charge in [0.05, 0.1) is 13.2 Å². The van der Waals surface area contributed by atoms with Gasteiger partial charge in [0.1, 0.15) is 0 Å². The fraction of sp³-hybridized carbons (Fsp3) is 0.429. The van der Waals surface area contributed by atoms with Crippen LogP contribution < -0.4 is 14.8 Å². The lowest BCUT2D eigenvalue weighted by molar-refractivity contribution is 0.297. The highest BCUT2D eigenvalue weighted by atomic mass is 16.5. The fourth-order valence-corrected chi connectivity index (χ4v) is 1.71. The molecule has 92 valence electrons. The van der Waals surface area contributed by atoms with Crippen molar-refractivity contribution in [3.8, 4) is 11.5 Å². The summed E-state index contributed by atoms with van der Waals surface area (Å²) in [4.78, 5) is 0. The van der Waals surface area contributed by atoms with Crippen LogP contribution in [0, 0.1) is 0 Å². The average molecular weight is 233 g/mol. The Morgan fingerprint density at radius 2 is 2.06 bits per heavy atom. The molecule has 0 fully saturated rings. The highest BCUT2D eigenvalue weighted by molar-refractivity contribution is 5.56. The van der Waals surface area contributed by atoms with Crippen LogP contribution in [0.4, 0.5) is 0 Å². The van der Waals surface area contributed by atoms with Crippen LogP contribution in [0.3, 0.4) is 0 Å². The molecule has 1 aliphatic heterocycles. The summed E-state index contributed by atoms with van der Waals surface area (Å²) in [6, 6.07) is 6.06. The van der Waals surface area contributed by atoms with Gasteiger partial charge in [0.2, 0.25) is 0 Å². The Labute approximate surface area is 102 Å². The van der Waals surface area contributed by atoms with Crippen molar-refractivity contribution in [3.63, 3.8) is 0 Å². The zero-order valence-corrected chi connectivity index (χ0v) is 10.2. The molecule has 0 aromatic heterocycles. The molecule has 1 N–H and O–H groups in total. The molecule has 0 atom stereocenters. The molecule has 17 heavy (non-hydrogen) atoms. The minimum atomic E-state index is 0.734. The van der Waals surface area contributed by atoms with Crippen LogP contribution in [0.15, 0.2) is 24.3 Å². The number of benzene rings is 1. The van der Waals surface area contributed by atoms with Gasteiger partial charge in [0, 0.05) is 13.0 Å². The maximum Gasteiger partial charge on any atom is 0.161 e. The van der Waals surface area contributed by atoms with Crippen LogP contribution in [0.25, 0.3) is 6.08 Å². The zero-order chi connectivity index (χ0) is 11.9. The van der Waals surface area contributed by atoms with E-state index in [0.29, 0.717) is 0 Å². The van der Waals surface area contributed by atoms with Gasteiger partial charge < -0.3 is 14.8 Å². The molecule has 1 aromatic rings. The number of rotatable bonds is 4. The van der Waals surface area contributed by atoms with Gasteiger partial charge in [-0.2, -0.15) is 0 Å². The first-order chi connectivity index (χ1) is 8.40. The molecule has 0 saturated heterocycles. The van der Waals surface area contributed by atoms with Crippen LogP contribution in [-0.4, -0.2) is 26.3 Å². The summed E-state index contributed by atoms with van der Waals surface area (Å²) in [5, 5.41) is 3.25. The maximum absolute atomic E-state index is 5.64. The lowest BCUT2D eigenvalue weighted by Crippen LogP contribution is -2.11. The van der Waals surface area contributed by atoms with Gasteiger partial charge in [-0.25, -0.2) is 0 Å². The molecular formula is C14H19NO2. The van der Waals surface area contributed by atoms with Crippen molar-refractivity contribution in [1.82, 2.24) is 5.32 Å². The molecule has 0 aliphatic carbocycles. The molecule has 0 spiro atoms. The van der Waals surface area contributed by atoms with E-state index in [2.05, 4.69) is 30.5 Å². The number of likely N-dealkylation sites (N-methyl/N-ethyl adjacent to an activating group) is 1. The maximum atomic E-state index is 5.64. The second-order valence-electron chi connectivity index (χ2n) is 3.97. The highest BCUT2D eigenvalue weighted by Gasteiger charge is 2.09. The van der Waals surface area contributed by atoms with Crippen molar-refractivity contribution < 1.29 is 9.47 Å². The van der Waals surface area contributed by atoms with Crippen LogP contribution in [0.1, 0.15) is 18.9 Å². The Bertz CT molecular complexity index is 388. The Kier molecular flexibility index (Phi) is 4.45. The molecule has 0 radical (unpaired) electrons. The third kappa shape index (κ3) is 3.49. The average Bonchev–Trinajstić information content (AvgIpc) is 2.59. The number of fused-ring (bicyclic) bond motifs is 1. The van der Waals surface area contributed by atoms with Gasteiger partial charge in [-0.1, -0.05) is 25.1 Å². The third-order valence-corrected chi connectivity index (χ3v) is 2.59. The second kappa shape index (κ2) is 6.30. The quantitative estimate of drug-likeness (QED) is 0.810. The summed E-state index contributed by atoms with van der Waals surface area (Å²) >= 11 is 0. The molecule has 0 amide bonds. The number of ether oxygens (including phenoxy) is 2. The minimum absolute atomic E-state index is 0.734. The first-order valence-electron chi connectivity index (χ1n) is 6.17. The van der Waals surface area contributed by atoms with Crippen molar-refractivity contribution in [2.75, 3.05) is 26.3 Å². The Morgan fingerprint density at radius 3 is 2.88 bits per heavy atom. The van der Waals surface area contributed by atoms with Gasteiger partial charge in [-0.15, -0.1) is 0 Å². The summed E-state index contributed by atoms with van der Waals surface area (Å²) in [7, 11) is 0. The van der Waals surface area contributed by atoms with Crippen molar-refractivity contribution in [3.05, 3.63) is 29.8 Å². The van der Waals surface area contributed by atoms with Crippen LogP contribution in [-0.2, 0) is 0 Å². The molecule has 1 aromatic carbocycles. The third-order valence-electron chi connectivity index (χ3n) is 2.59. The molecule has 0 saturated carbocycles. The number of hydrogen-bond donors (Lipinski definition) is 1. The first kappa shape index (κ1) is 12.0. The van der Waals surface area contributed by atoms with Crippen molar-refractivity contribution in [2.24, 2.45) is 0 Å². The van der Waals surface area contributed by atoms with Gasteiger partial charge >= 0.3 is 0 Å². The zero-order valence-electron chi connectivity index (χ0n) is 10.2. The Morgan fingerprint density at radius 1 is 1.24 bits per heavy atom. The van der Waals surface area contributed by atoms with Gasteiger partial charge in [0.25, 0.3) is 0 Å². The smallest absolute Gasteiger partial charge is 0.161 e. The van der Waals surface area contributed by atoms with Crippen molar-refractivity contribution in [1.29, 1.82) is 0 Å². The van der Waals surface area contributed by atoms with Gasteiger partial charge in [-0.05, 0) is 24.2 Å².